The summed E-state index contributed by atoms with van der Waals surface area (Å²) >= 11 is 1.60. The van der Waals surface area contributed by atoms with E-state index in [2.05, 4.69) is 0 Å². The molecule has 0 fully saturated rings. The molecule has 24 heavy (non-hydrogen) atoms. The highest BCUT2D eigenvalue weighted by Gasteiger charge is 2.20. The fraction of sp³-hybridized carbons (Fsp3) is 0.533. The number of aliphatic hydroxyl groups is 1. The number of nitro groups is 1. The molecule has 0 spiro atoms. The lowest BCUT2D eigenvalue weighted by Crippen LogP contribution is -2.06. The fourth-order valence-corrected chi connectivity index (χ4v) is 2.49. The van der Waals surface area contributed by atoms with Gasteiger partial charge >= 0.3 is 5.97 Å². The molecule has 1 N–H and O–H groups in total. The number of hydrogen-bond donors (Lipinski definition) is 1. The van der Waals surface area contributed by atoms with Crippen molar-refractivity contribution in [1.82, 2.24) is 0 Å². The van der Waals surface area contributed by atoms with Crippen LogP contribution in [-0.4, -0.2) is 47.8 Å². The number of hydrogen-bond acceptors (Lipinski definition) is 8. The molecule has 0 amide bonds. The predicted molar refractivity (Wildman–Crippen MR) is 89.6 cm³/mol. The first kappa shape index (κ1) is 20.0. The molecule has 0 aliphatic carbocycles. The van der Waals surface area contributed by atoms with E-state index in [1.165, 1.54) is 26.2 Å². The van der Waals surface area contributed by atoms with Crippen LogP contribution in [0.15, 0.2) is 12.1 Å². The van der Waals surface area contributed by atoms with Gasteiger partial charge in [-0.15, -0.1) is 0 Å². The van der Waals surface area contributed by atoms with Gasteiger partial charge in [0.05, 0.1) is 36.9 Å². The van der Waals surface area contributed by atoms with Gasteiger partial charge in [-0.3, -0.25) is 14.9 Å². The van der Waals surface area contributed by atoms with Crippen molar-refractivity contribution in [2.45, 2.75) is 20.0 Å². The van der Waals surface area contributed by atoms with Gasteiger partial charge in [0.1, 0.15) is 6.61 Å². The van der Waals surface area contributed by atoms with Gasteiger partial charge < -0.3 is 19.3 Å². The number of carbonyl (C=O) groups is 1. The molecule has 0 aliphatic rings. The highest BCUT2D eigenvalue weighted by atomic mass is 32.2. The van der Waals surface area contributed by atoms with Crippen LogP contribution in [-0.2, 0) is 16.1 Å². The Hall–Kier alpha value is -2.00. The zero-order valence-corrected chi connectivity index (χ0v) is 14.5. The van der Waals surface area contributed by atoms with E-state index >= 15 is 0 Å². The number of carbonyl (C=O) groups excluding carboxylic acids is 1. The van der Waals surface area contributed by atoms with Crippen molar-refractivity contribution >= 4 is 23.4 Å². The minimum Gasteiger partial charge on any atom is -0.493 e. The maximum atomic E-state index is 11.2. The second kappa shape index (κ2) is 10.7. The van der Waals surface area contributed by atoms with Crippen LogP contribution < -0.4 is 9.47 Å². The van der Waals surface area contributed by atoms with Crippen molar-refractivity contribution in [2.24, 2.45) is 0 Å². The number of nitrogens with zero attached hydrogens (tertiary/aromatic N) is 1. The highest BCUT2D eigenvalue weighted by Crippen LogP contribution is 2.35. The lowest BCUT2D eigenvalue weighted by molar-refractivity contribution is -0.385. The Bertz CT molecular complexity index is 565. The van der Waals surface area contributed by atoms with E-state index in [4.69, 9.17) is 19.3 Å². The van der Waals surface area contributed by atoms with Crippen LogP contribution in [0, 0.1) is 10.1 Å². The van der Waals surface area contributed by atoms with Gasteiger partial charge in [-0.2, -0.15) is 11.8 Å². The third kappa shape index (κ3) is 6.63. The summed E-state index contributed by atoms with van der Waals surface area (Å²) in [5.74, 6) is 1.56. The zero-order chi connectivity index (χ0) is 17.9. The second-order valence-corrected chi connectivity index (χ2v) is 5.93. The monoisotopic (exact) mass is 359 g/mol. The van der Waals surface area contributed by atoms with Crippen molar-refractivity contribution < 1.29 is 29.0 Å². The molecule has 9 heteroatoms. The average Bonchev–Trinajstić information content (AvgIpc) is 2.55. The summed E-state index contributed by atoms with van der Waals surface area (Å²) in [5.41, 5.74) is 0.0413. The predicted octanol–water partition coefficient (Wildman–Crippen LogP) is 2.16. The van der Waals surface area contributed by atoms with Crippen molar-refractivity contribution in [3.63, 3.8) is 0 Å². The minimum absolute atomic E-state index is 0.134. The van der Waals surface area contributed by atoms with E-state index in [0.29, 0.717) is 18.1 Å². The molecule has 0 unspecified atom stereocenters. The number of thioether (sulfide) groups is 1. The van der Waals surface area contributed by atoms with Crippen LogP contribution >= 0.6 is 11.8 Å². The van der Waals surface area contributed by atoms with E-state index in [1.807, 2.05) is 0 Å². The number of benzene rings is 1. The highest BCUT2D eigenvalue weighted by molar-refractivity contribution is 7.99. The molecule has 0 radical (unpaired) electrons. The Morgan fingerprint density at radius 2 is 2.08 bits per heavy atom. The van der Waals surface area contributed by atoms with E-state index in [0.717, 1.165) is 12.2 Å². The van der Waals surface area contributed by atoms with Gasteiger partial charge in [-0.1, -0.05) is 0 Å². The maximum Gasteiger partial charge on any atom is 0.302 e. The maximum absolute atomic E-state index is 11.2. The van der Waals surface area contributed by atoms with E-state index in [1.54, 1.807) is 11.8 Å². The number of aliphatic hydroxyl groups excluding tert-OH is 1. The molecule has 0 saturated heterocycles. The Morgan fingerprint density at radius 1 is 1.33 bits per heavy atom. The Balaban J connectivity index is 2.81. The van der Waals surface area contributed by atoms with Crippen LogP contribution in [0.1, 0.15) is 18.9 Å². The first-order valence-electron chi connectivity index (χ1n) is 7.29. The normalized spacial score (nSPS) is 10.3. The molecule has 0 atom stereocenters. The fourth-order valence-electron chi connectivity index (χ4n) is 1.84. The summed E-state index contributed by atoms with van der Waals surface area (Å²) in [7, 11) is 1.43. The lowest BCUT2D eigenvalue weighted by atomic mass is 10.1. The summed E-state index contributed by atoms with van der Waals surface area (Å²) in [5, 5.41) is 19.9. The largest absolute Gasteiger partial charge is 0.493 e. The molecular weight excluding hydrogens is 338 g/mol. The average molecular weight is 359 g/mol. The van der Waals surface area contributed by atoms with E-state index in [-0.39, 0.29) is 30.2 Å². The molecule has 0 saturated carbocycles. The van der Waals surface area contributed by atoms with Crippen LogP contribution in [0.25, 0.3) is 0 Å². The van der Waals surface area contributed by atoms with Crippen molar-refractivity contribution in [3.05, 3.63) is 27.8 Å². The summed E-state index contributed by atoms with van der Waals surface area (Å²) < 4.78 is 15.6. The van der Waals surface area contributed by atoms with Gasteiger partial charge in [-0.05, 0) is 18.2 Å². The number of esters is 1. The number of methoxy groups -OCH3 is 1. The van der Waals surface area contributed by atoms with Crippen LogP contribution in [0.2, 0.25) is 0 Å². The minimum atomic E-state index is -0.553. The van der Waals surface area contributed by atoms with Gasteiger partial charge in [0.25, 0.3) is 5.69 Å². The standard InChI is InChI=1S/C15H21NO7S/c1-11(18)23-10-12-8-14(21-2)15(9-13(12)16(19)20)22-5-3-6-24-7-4-17/h8-9,17H,3-7,10H2,1-2H3. The van der Waals surface area contributed by atoms with Gasteiger partial charge in [0, 0.05) is 12.7 Å². The van der Waals surface area contributed by atoms with E-state index in [9.17, 15) is 14.9 Å². The Labute approximate surface area is 144 Å². The van der Waals surface area contributed by atoms with Crippen molar-refractivity contribution in [2.75, 3.05) is 31.8 Å². The quantitative estimate of drug-likeness (QED) is 0.277. The summed E-state index contributed by atoms with van der Waals surface area (Å²) in [6, 6.07) is 2.72. The number of ether oxygens (including phenoxy) is 3. The van der Waals surface area contributed by atoms with Crippen LogP contribution in [0.5, 0.6) is 11.5 Å². The van der Waals surface area contributed by atoms with Gasteiger partial charge in [0.2, 0.25) is 0 Å². The summed E-state index contributed by atoms with van der Waals surface area (Å²) in [4.78, 5) is 21.6. The first-order valence-corrected chi connectivity index (χ1v) is 8.45. The van der Waals surface area contributed by atoms with Gasteiger partial charge in [0.15, 0.2) is 11.5 Å². The summed E-state index contributed by atoms with van der Waals surface area (Å²) in [6.07, 6.45) is 0.733. The summed E-state index contributed by atoms with van der Waals surface area (Å²) in [6.45, 7) is 1.53. The second-order valence-electron chi connectivity index (χ2n) is 4.71. The molecule has 134 valence electrons. The lowest BCUT2D eigenvalue weighted by Gasteiger charge is -2.13. The Kier molecular flexibility index (Phi) is 8.95. The van der Waals surface area contributed by atoms with Crippen LogP contribution in [0.3, 0.4) is 0 Å². The topological polar surface area (TPSA) is 108 Å². The molecule has 1 aromatic carbocycles. The Morgan fingerprint density at radius 3 is 2.67 bits per heavy atom. The van der Waals surface area contributed by atoms with Gasteiger partial charge in [-0.25, -0.2) is 0 Å². The molecular formula is C15H21NO7S. The molecule has 1 rings (SSSR count). The third-order valence-electron chi connectivity index (χ3n) is 2.92. The van der Waals surface area contributed by atoms with Crippen molar-refractivity contribution in [3.8, 4) is 11.5 Å². The first-order chi connectivity index (χ1) is 11.5. The SMILES string of the molecule is COc1cc(COC(C)=O)c([N+](=O)[O-])cc1OCCCSCCO. The smallest absolute Gasteiger partial charge is 0.302 e. The molecule has 0 aliphatic heterocycles. The zero-order valence-electron chi connectivity index (χ0n) is 13.6. The van der Waals surface area contributed by atoms with Crippen LogP contribution in [0.4, 0.5) is 5.69 Å². The molecule has 8 nitrogen and oxygen atoms in total. The number of nitro benzene ring substituents is 1. The number of rotatable bonds is 11. The van der Waals surface area contributed by atoms with E-state index < -0.39 is 10.9 Å². The van der Waals surface area contributed by atoms with Crippen molar-refractivity contribution in [1.29, 1.82) is 0 Å². The third-order valence-corrected chi connectivity index (χ3v) is 3.97. The molecule has 0 aromatic heterocycles. The molecule has 0 bridgehead atoms. The molecule has 1 aromatic rings. The molecule has 0 heterocycles.